The van der Waals surface area contributed by atoms with E-state index in [9.17, 15) is 18.0 Å². The fourth-order valence-electron chi connectivity index (χ4n) is 0.913. The molecule has 1 amide bonds. The zero-order valence-corrected chi connectivity index (χ0v) is 6.48. The number of carbonyl (C=O) groups excluding carboxylic acids is 1. The Bertz CT molecular complexity index is 188. The van der Waals surface area contributed by atoms with Gasteiger partial charge in [0.1, 0.15) is 0 Å². The Morgan fingerprint density at radius 2 is 2.00 bits per heavy atom. The van der Waals surface area contributed by atoms with E-state index in [0.29, 0.717) is 13.1 Å². The number of carbonyl (C=O) groups is 1. The van der Waals surface area contributed by atoms with E-state index in [1.165, 1.54) is 7.05 Å². The van der Waals surface area contributed by atoms with Crippen LogP contribution in [0.5, 0.6) is 0 Å². The quantitative estimate of drug-likeness (QED) is 0.618. The molecular weight excluding hydrogens is 173 g/mol. The lowest BCUT2D eigenvalue weighted by Crippen LogP contribution is -2.59. The Balaban J connectivity index is 2.51. The third-order valence-corrected chi connectivity index (χ3v) is 1.87. The lowest BCUT2D eigenvalue weighted by Gasteiger charge is -2.35. The molecule has 1 rings (SSSR count). The van der Waals surface area contributed by atoms with Crippen molar-refractivity contribution in [2.75, 3.05) is 20.1 Å². The van der Waals surface area contributed by atoms with Gasteiger partial charge in [0.25, 0.3) is 0 Å². The first-order valence-corrected chi connectivity index (χ1v) is 3.47. The molecule has 0 aromatic rings. The lowest BCUT2D eigenvalue weighted by molar-refractivity contribution is -0.187. The summed E-state index contributed by atoms with van der Waals surface area (Å²) in [5.41, 5.74) is 0. The molecule has 0 aromatic carbocycles. The molecule has 0 aliphatic carbocycles. The van der Waals surface area contributed by atoms with Crippen LogP contribution in [0.4, 0.5) is 13.2 Å². The molecule has 1 saturated heterocycles. The van der Waals surface area contributed by atoms with Crippen molar-refractivity contribution in [3.05, 3.63) is 0 Å². The summed E-state index contributed by atoms with van der Waals surface area (Å²) >= 11 is 0. The van der Waals surface area contributed by atoms with Gasteiger partial charge < -0.3 is 10.2 Å². The van der Waals surface area contributed by atoms with Gasteiger partial charge in [-0.2, -0.15) is 13.2 Å². The molecule has 1 fully saturated rings. The number of likely N-dealkylation sites (N-methyl/N-ethyl adjacent to an activating group) is 1. The fraction of sp³-hybridized carbons (Fsp3) is 0.833. The van der Waals surface area contributed by atoms with Crippen molar-refractivity contribution in [1.29, 1.82) is 0 Å². The Labute approximate surface area is 67.5 Å². The van der Waals surface area contributed by atoms with Crippen LogP contribution in [0.25, 0.3) is 0 Å². The van der Waals surface area contributed by atoms with Gasteiger partial charge in [-0.05, 0) is 0 Å². The van der Waals surface area contributed by atoms with Crippen LogP contribution in [0, 0.1) is 0 Å². The summed E-state index contributed by atoms with van der Waals surface area (Å²) in [5, 5.41) is 2.79. The highest BCUT2D eigenvalue weighted by atomic mass is 19.4. The van der Waals surface area contributed by atoms with Crippen molar-refractivity contribution >= 4 is 5.91 Å². The minimum atomic E-state index is -4.75. The molecule has 1 aliphatic rings. The van der Waals surface area contributed by atoms with E-state index < -0.39 is 12.1 Å². The maximum Gasteiger partial charge on any atom is 0.471 e. The van der Waals surface area contributed by atoms with Crippen LogP contribution in [0.2, 0.25) is 0 Å². The molecule has 0 aromatic heterocycles. The van der Waals surface area contributed by atoms with Crippen LogP contribution in [0.1, 0.15) is 0 Å². The van der Waals surface area contributed by atoms with E-state index in [4.69, 9.17) is 0 Å². The van der Waals surface area contributed by atoms with Crippen molar-refractivity contribution in [2.24, 2.45) is 0 Å². The Morgan fingerprint density at radius 1 is 1.50 bits per heavy atom. The van der Waals surface area contributed by atoms with Gasteiger partial charge in [0, 0.05) is 20.1 Å². The highest BCUT2D eigenvalue weighted by Gasteiger charge is 2.43. The monoisotopic (exact) mass is 182 g/mol. The van der Waals surface area contributed by atoms with Crippen molar-refractivity contribution in [2.45, 2.75) is 12.2 Å². The average molecular weight is 182 g/mol. The van der Waals surface area contributed by atoms with Crippen LogP contribution in [0.3, 0.4) is 0 Å². The summed E-state index contributed by atoms with van der Waals surface area (Å²) in [6.45, 7) is 0.886. The number of nitrogens with zero attached hydrogens (tertiary/aromatic N) is 1. The Hall–Kier alpha value is -0.780. The summed E-state index contributed by atoms with van der Waals surface area (Å²) in [6.07, 6.45) is -4.75. The van der Waals surface area contributed by atoms with Gasteiger partial charge in [0.2, 0.25) is 0 Å². The molecule has 6 heteroatoms. The Kier molecular flexibility index (Phi) is 2.27. The first-order valence-electron chi connectivity index (χ1n) is 3.47. The number of amides is 1. The second kappa shape index (κ2) is 2.93. The number of hydrogen-bond acceptors (Lipinski definition) is 2. The summed E-state index contributed by atoms with van der Waals surface area (Å²) in [7, 11) is 1.17. The average Bonchev–Trinajstić information content (AvgIpc) is 1.79. The van der Waals surface area contributed by atoms with Crippen LogP contribution >= 0.6 is 0 Å². The highest BCUT2D eigenvalue weighted by Crippen LogP contribution is 2.19. The molecule has 1 aliphatic heterocycles. The van der Waals surface area contributed by atoms with E-state index in [-0.39, 0.29) is 6.04 Å². The van der Waals surface area contributed by atoms with Gasteiger partial charge in [0.05, 0.1) is 6.04 Å². The maximum absolute atomic E-state index is 11.8. The van der Waals surface area contributed by atoms with Crippen LogP contribution < -0.4 is 5.32 Å². The van der Waals surface area contributed by atoms with Gasteiger partial charge in [-0.25, -0.2) is 0 Å². The van der Waals surface area contributed by atoms with Gasteiger partial charge in [-0.15, -0.1) is 0 Å². The van der Waals surface area contributed by atoms with Gasteiger partial charge in [0.15, 0.2) is 0 Å². The van der Waals surface area contributed by atoms with Crippen molar-refractivity contribution in [3.8, 4) is 0 Å². The molecule has 1 N–H and O–H groups in total. The Morgan fingerprint density at radius 3 is 2.25 bits per heavy atom. The largest absolute Gasteiger partial charge is 0.471 e. The van der Waals surface area contributed by atoms with E-state index >= 15 is 0 Å². The number of alkyl halides is 3. The molecular formula is C6H9F3N2O. The topological polar surface area (TPSA) is 32.3 Å². The van der Waals surface area contributed by atoms with E-state index in [0.717, 1.165) is 4.90 Å². The number of rotatable bonds is 1. The minimum Gasteiger partial charge on any atom is -0.332 e. The SMILES string of the molecule is CN(C(=O)C(F)(F)F)C1CNC1. The second-order valence-electron chi connectivity index (χ2n) is 2.73. The standard InChI is InChI=1S/C6H9F3N2O/c1-11(4-2-10-3-4)5(12)6(7,8)9/h4,10H,2-3H2,1H3. The minimum absolute atomic E-state index is 0.306. The first-order chi connectivity index (χ1) is 5.43. The molecule has 70 valence electrons. The fourth-order valence-corrected chi connectivity index (χ4v) is 0.913. The molecule has 0 saturated carbocycles. The van der Waals surface area contributed by atoms with Crippen LogP contribution in [0.15, 0.2) is 0 Å². The third kappa shape index (κ3) is 1.69. The number of halogens is 3. The van der Waals surface area contributed by atoms with E-state index in [1.807, 2.05) is 0 Å². The first kappa shape index (κ1) is 9.31. The molecule has 0 bridgehead atoms. The molecule has 0 radical (unpaired) electrons. The van der Waals surface area contributed by atoms with Gasteiger partial charge in [-0.3, -0.25) is 4.79 Å². The van der Waals surface area contributed by atoms with Crippen molar-refractivity contribution < 1.29 is 18.0 Å². The maximum atomic E-state index is 11.8. The molecule has 3 nitrogen and oxygen atoms in total. The molecule has 12 heavy (non-hydrogen) atoms. The lowest BCUT2D eigenvalue weighted by atomic mass is 10.1. The third-order valence-electron chi connectivity index (χ3n) is 1.87. The molecule has 0 atom stereocenters. The highest BCUT2D eigenvalue weighted by molar-refractivity contribution is 5.82. The van der Waals surface area contributed by atoms with E-state index in [1.54, 1.807) is 0 Å². The van der Waals surface area contributed by atoms with Crippen molar-refractivity contribution in [1.82, 2.24) is 10.2 Å². The van der Waals surface area contributed by atoms with Crippen molar-refractivity contribution in [3.63, 3.8) is 0 Å². The normalized spacial score (nSPS) is 18.7. The van der Waals surface area contributed by atoms with E-state index in [2.05, 4.69) is 5.32 Å². The smallest absolute Gasteiger partial charge is 0.332 e. The zero-order valence-electron chi connectivity index (χ0n) is 6.48. The summed E-state index contributed by atoms with van der Waals surface area (Å²) in [5.74, 6) is -1.77. The number of hydrogen-bond donors (Lipinski definition) is 1. The summed E-state index contributed by atoms with van der Waals surface area (Å²) in [6, 6.07) is -0.306. The van der Waals surface area contributed by atoms with Crippen LogP contribution in [-0.4, -0.2) is 43.2 Å². The predicted molar refractivity (Wildman–Crippen MR) is 35.5 cm³/mol. The van der Waals surface area contributed by atoms with Gasteiger partial charge >= 0.3 is 12.1 Å². The molecule has 0 spiro atoms. The summed E-state index contributed by atoms with van der Waals surface area (Å²) in [4.78, 5) is 11.3. The molecule has 0 unspecified atom stereocenters. The zero-order chi connectivity index (χ0) is 9.35. The second-order valence-corrected chi connectivity index (χ2v) is 2.73. The molecule has 1 heterocycles. The number of nitrogens with one attached hydrogen (secondary N) is 1. The van der Waals surface area contributed by atoms with Crippen LogP contribution in [-0.2, 0) is 4.79 Å². The van der Waals surface area contributed by atoms with Gasteiger partial charge in [-0.1, -0.05) is 0 Å². The summed E-state index contributed by atoms with van der Waals surface area (Å²) < 4.78 is 35.4. The predicted octanol–water partition coefficient (Wildman–Crippen LogP) is -0.0211.